The lowest BCUT2D eigenvalue weighted by atomic mass is 10.1. The average molecular weight is 573 g/mol. The lowest BCUT2D eigenvalue weighted by molar-refractivity contribution is -0.156. The highest BCUT2D eigenvalue weighted by molar-refractivity contribution is 9.10. The Labute approximate surface area is 214 Å². The van der Waals surface area contributed by atoms with Crippen molar-refractivity contribution in [1.29, 1.82) is 0 Å². The monoisotopic (exact) mass is 571 g/mol. The Balaban J connectivity index is 1.79. The molecule has 1 aliphatic heterocycles. The van der Waals surface area contributed by atoms with Crippen LogP contribution in [-0.2, 0) is 20.9 Å². The van der Waals surface area contributed by atoms with Crippen molar-refractivity contribution in [3.63, 3.8) is 0 Å². The van der Waals surface area contributed by atoms with Gasteiger partial charge in [0.15, 0.2) is 0 Å². The molecule has 0 aliphatic carbocycles. The van der Waals surface area contributed by atoms with Gasteiger partial charge in [-0.05, 0) is 68.9 Å². The zero-order valence-corrected chi connectivity index (χ0v) is 21.9. The fourth-order valence-corrected chi connectivity index (χ4v) is 4.51. The highest BCUT2D eigenvalue weighted by atomic mass is 79.9. The molecule has 0 spiro atoms. The molecule has 2 aromatic rings. The molecule has 0 bridgehead atoms. The van der Waals surface area contributed by atoms with Gasteiger partial charge in [-0.15, -0.1) is 0 Å². The number of carbonyl (C=O) groups excluding carboxylic acids is 3. The fourth-order valence-electron chi connectivity index (χ4n) is 2.84. The van der Waals surface area contributed by atoms with Crippen molar-refractivity contribution >= 4 is 74.1 Å². The minimum atomic E-state index is -0.718. The smallest absolute Gasteiger partial charge is 0.326 e. The summed E-state index contributed by atoms with van der Waals surface area (Å²) in [5.74, 6) is -0.733. The van der Waals surface area contributed by atoms with Gasteiger partial charge in [0.2, 0.25) is 0 Å². The number of imide groups is 1. The van der Waals surface area contributed by atoms with Crippen molar-refractivity contribution in [3.8, 4) is 5.75 Å². The summed E-state index contributed by atoms with van der Waals surface area (Å²) in [6.07, 6.45) is 1.56. The zero-order valence-electron chi connectivity index (χ0n) is 18.0. The minimum Gasteiger partial charge on any atom is -0.488 e. The number of thioether (sulfide) groups is 1. The highest BCUT2D eigenvalue weighted by Crippen LogP contribution is 2.35. The summed E-state index contributed by atoms with van der Waals surface area (Å²) in [6.45, 7) is 4.87. The first-order chi connectivity index (χ1) is 15.4. The Bertz CT molecular complexity index is 1150. The number of ether oxygens (including phenoxy) is 2. The van der Waals surface area contributed by atoms with Crippen LogP contribution in [0, 0.1) is 0 Å². The Hall–Kier alpha value is -2.00. The molecule has 174 valence electrons. The molecular weight excluding hydrogens is 553 g/mol. The van der Waals surface area contributed by atoms with Gasteiger partial charge < -0.3 is 9.47 Å². The van der Waals surface area contributed by atoms with Gasteiger partial charge in [-0.2, -0.15) is 0 Å². The molecule has 2 amide bonds. The Morgan fingerprint density at radius 1 is 1.15 bits per heavy atom. The van der Waals surface area contributed by atoms with Gasteiger partial charge in [0, 0.05) is 25.6 Å². The number of nitrogens with zero attached hydrogens (tertiary/aromatic N) is 1. The van der Waals surface area contributed by atoms with Gasteiger partial charge in [-0.3, -0.25) is 19.3 Å². The molecule has 1 aliphatic rings. The zero-order chi connectivity index (χ0) is 24.3. The number of carbonyl (C=O) groups is 3. The molecule has 0 unspecified atom stereocenters. The van der Waals surface area contributed by atoms with Crippen LogP contribution >= 0.6 is 50.9 Å². The highest BCUT2D eigenvalue weighted by Gasteiger charge is 2.37. The SMILES string of the molecule is CC(C)(C)OC(=O)CN1C(=O)SC(=Cc2cc(Br)ccc2OCc2ccc(Cl)cc2Cl)C1=O. The molecule has 1 fully saturated rings. The molecule has 1 saturated heterocycles. The first kappa shape index (κ1) is 25.6. The third-order valence-electron chi connectivity index (χ3n) is 4.24. The molecule has 1 heterocycles. The second kappa shape index (κ2) is 10.5. The molecule has 0 aromatic heterocycles. The second-order valence-corrected chi connectivity index (χ2v) is 10.8. The van der Waals surface area contributed by atoms with E-state index in [-0.39, 0.29) is 11.5 Å². The van der Waals surface area contributed by atoms with E-state index in [1.54, 1.807) is 63.2 Å². The van der Waals surface area contributed by atoms with Crippen molar-refractivity contribution < 1.29 is 23.9 Å². The lowest BCUT2D eigenvalue weighted by Gasteiger charge is -2.21. The first-order valence-corrected chi connectivity index (χ1v) is 12.1. The number of halogens is 3. The largest absolute Gasteiger partial charge is 0.488 e. The Morgan fingerprint density at radius 3 is 2.55 bits per heavy atom. The number of rotatable bonds is 6. The van der Waals surface area contributed by atoms with Gasteiger partial charge in [0.1, 0.15) is 24.5 Å². The standard InChI is InChI=1S/C23H20BrCl2NO5S/c1-23(2,3)32-20(28)11-27-21(29)19(33-22(27)30)9-14-8-15(24)5-7-18(14)31-12-13-4-6-16(25)10-17(13)26/h4-10H,11-12H2,1-3H3. The summed E-state index contributed by atoms with van der Waals surface area (Å²) < 4.78 is 11.9. The Kier molecular flexibility index (Phi) is 8.16. The van der Waals surface area contributed by atoms with Crippen LogP contribution in [0.1, 0.15) is 31.9 Å². The van der Waals surface area contributed by atoms with Crippen LogP contribution < -0.4 is 4.74 Å². The number of hydrogen-bond donors (Lipinski definition) is 0. The third-order valence-corrected chi connectivity index (χ3v) is 6.23. The van der Waals surface area contributed by atoms with Gasteiger partial charge in [-0.1, -0.05) is 45.2 Å². The minimum absolute atomic E-state index is 0.177. The maximum Gasteiger partial charge on any atom is 0.326 e. The predicted molar refractivity (Wildman–Crippen MR) is 133 cm³/mol. The number of amides is 2. The molecule has 3 rings (SSSR count). The topological polar surface area (TPSA) is 72.9 Å². The summed E-state index contributed by atoms with van der Waals surface area (Å²) in [5.41, 5.74) is 0.606. The van der Waals surface area contributed by atoms with Gasteiger partial charge in [0.05, 0.1) is 4.91 Å². The van der Waals surface area contributed by atoms with Crippen molar-refractivity contribution in [2.45, 2.75) is 33.0 Å². The van der Waals surface area contributed by atoms with E-state index in [2.05, 4.69) is 15.9 Å². The van der Waals surface area contributed by atoms with Crippen molar-refractivity contribution in [2.24, 2.45) is 0 Å². The van der Waals surface area contributed by atoms with Crippen molar-refractivity contribution in [1.82, 2.24) is 4.90 Å². The maximum absolute atomic E-state index is 12.8. The quantitative estimate of drug-likeness (QED) is 0.283. The summed E-state index contributed by atoms with van der Waals surface area (Å²) in [5, 5.41) is 0.460. The molecular formula is C23H20BrCl2NO5S. The van der Waals surface area contributed by atoms with Crippen LogP contribution in [-0.4, -0.2) is 34.2 Å². The van der Waals surface area contributed by atoms with Crippen LogP contribution in [0.4, 0.5) is 4.79 Å². The maximum atomic E-state index is 12.8. The molecule has 0 N–H and O–H groups in total. The van der Waals surface area contributed by atoms with Gasteiger partial charge >= 0.3 is 5.97 Å². The van der Waals surface area contributed by atoms with E-state index < -0.39 is 29.3 Å². The molecule has 33 heavy (non-hydrogen) atoms. The molecule has 10 heteroatoms. The Morgan fingerprint density at radius 2 is 1.88 bits per heavy atom. The van der Waals surface area contributed by atoms with E-state index in [0.29, 0.717) is 21.4 Å². The van der Waals surface area contributed by atoms with E-state index in [4.69, 9.17) is 32.7 Å². The molecule has 2 aromatic carbocycles. The predicted octanol–water partition coefficient (Wildman–Crippen LogP) is 6.71. The second-order valence-electron chi connectivity index (χ2n) is 8.06. The fraction of sp³-hybridized carbons (Fsp3) is 0.261. The van der Waals surface area contributed by atoms with Crippen LogP contribution in [0.25, 0.3) is 6.08 Å². The summed E-state index contributed by atoms with van der Waals surface area (Å²) in [6, 6.07) is 10.4. The molecule has 0 atom stereocenters. The van der Waals surface area contributed by atoms with E-state index in [1.807, 2.05) is 0 Å². The lowest BCUT2D eigenvalue weighted by Crippen LogP contribution is -2.37. The van der Waals surface area contributed by atoms with Crippen LogP contribution in [0.5, 0.6) is 5.75 Å². The van der Waals surface area contributed by atoms with E-state index in [0.717, 1.165) is 26.7 Å². The average Bonchev–Trinajstić information content (AvgIpc) is 2.94. The van der Waals surface area contributed by atoms with E-state index in [9.17, 15) is 14.4 Å². The number of esters is 1. The van der Waals surface area contributed by atoms with Gasteiger partial charge in [0.25, 0.3) is 11.1 Å². The normalized spacial score (nSPS) is 15.3. The molecule has 6 nitrogen and oxygen atoms in total. The number of hydrogen-bond acceptors (Lipinski definition) is 6. The number of benzene rings is 2. The summed E-state index contributed by atoms with van der Waals surface area (Å²) in [7, 11) is 0. The van der Waals surface area contributed by atoms with E-state index in [1.165, 1.54) is 0 Å². The summed E-state index contributed by atoms with van der Waals surface area (Å²) >= 11 is 16.3. The first-order valence-electron chi connectivity index (χ1n) is 9.76. The van der Waals surface area contributed by atoms with Gasteiger partial charge in [-0.25, -0.2) is 0 Å². The van der Waals surface area contributed by atoms with Crippen molar-refractivity contribution in [2.75, 3.05) is 6.54 Å². The van der Waals surface area contributed by atoms with Crippen molar-refractivity contribution in [3.05, 3.63) is 66.9 Å². The molecule has 0 radical (unpaired) electrons. The third kappa shape index (κ3) is 6.99. The van der Waals surface area contributed by atoms with Crippen LogP contribution in [0.2, 0.25) is 10.0 Å². The van der Waals surface area contributed by atoms with Crippen LogP contribution in [0.15, 0.2) is 45.8 Å². The molecule has 0 saturated carbocycles. The van der Waals surface area contributed by atoms with Crippen LogP contribution in [0.3, 0.4) is 0 Å². The van der Waals surface area contributed by atoms with E-state index >= 15 is 0 Å². The summed E-state index contributed by atoms with van der Waals surface area (Å²) in [4.78, 5) is 38.3.